The summed E-state index contributed by atoms with van der Waals surface area (Å²) in [6.45, 7) is 7.05. The van der Waals surface area contributed by atoms with Gasteiger partial charge in [-0.1, -0.05) is 29.5 Å². The molecule has 0 aromatic heterocycles. The van der Waals surface area contributed by atoms with Gasteiger partial charge in [0, 0.05) is 16.4 Å². The van der Waals surface area contributed by atoms with Crippen LogP contribution in [0.1, 0.15) is 26.2 Å². The molecule has 0 amide bonds. The second-order valence-corrected chi connectivity index (χ2v) is 5.44. The lowest BCUT2D eigenvalue weighted by atomic mass is 9.73. The zero-order valence-electron chi connectivity index (χ0n) is 8.97. The summed E-state index contributed by atoms with van der Waals surface area (Å²) in [6, 6.07) is 0. The Labute approximate surface area is 101 Å². The molecule has 0 bridgehead atoms. The molecule has 0 aromatic carbocycles. The van der Waals surface area contributed by atoms with E-state index in [2.05, 4.69) is 34.4 Å². The first-order valence-electron chi connectivity index (χ1n) is 5.71. The molecule has 82 valence electrons. The molecule has 1 unspecified atom stereocenters. The van der Waals surface area contributed by atoms with E-state index < -0.39 is 0 Å². The summed E-state index contributed by atoms with van der Waals surface area (Å²) in [5.74, 6) is 0. The minimum Gasteiger partial charge on any atom is -0.377 e. The molecule has 1 spiro atoms. The molecule has 3 heteroatoms. The van der Waals surface area contributed by atoms with Crippen molar-refractivity contribution in [3.8, 4) is 0 Å². The van der Waals surface area contributed by atoms with Crippen molar-refractivity contribution in [3.63, 3.8) is 0 Å². The first-order valence-corrected chi connectivity index (χ1v) is 7.23. The number of ether oxygens (including phenoxy) is 1. The second kappa shape index (κ2) is 4.66. The molecule has 0 N–H and O–H groups in total. The molecule has 2 fully saturated rings. The molecule has 2 rings (SSSR count). The van der Waals surface area contributed by atoms with Crippen LogP contribution in [0.15, 0.2) is 0 Å². The summed E-state index contributed by atoms with van der Waals surface area (Å²) in [4.78, 5) is 2.56. The maximum absolute atomic E-state index is 5.84. The normalized spacial score (nSPS) is 32.6. The van der Waals surface area contributed by atoms with Gasteiger partial charge in [-0.15, -0.1) is 0 Å². The number of halogens is 1. The van der Waals surface area contributed by atoms with Crippen LogP contribution in [-0.4, -0.2) is 41.7 Å². The fourth-order valence-corrected chi connectivity index (χ4v) is 4.03. The van der Waals surface area contributed by atoms with E-state index in [1.165, 1.54) is 43.3 Å². The molecule has 2 saturated heterocycles. The van der Waals surface area contributed by atoms with E-state index in [-0.39, 0.29) is 0 Å². The van der Waals surface area contributed by atoms with Crippen molar-refractivity contribution in [1.82, 2.24) is 4.90 Å². The van der Waals surface area contributed by atoms with Gasteiger partial charge in [0.2, 0.25) is 0 Å². The van der Waals surface area contributed by atoms with E-state index in [0.29, 0.717) is 11.5 Å². The van der Waals surface area contributed by atoms with Crippen molar-refractivity contribution < 1.29 is 4.74 Å². The first kappa shape index (κ1) is 11.1. The Morgan fingerprint density at radius 1 is 1.36 bits per heavy atom. The molecule has 0 saturated carbocycles. The molecule has 2 aliphatic rings. The zero-order valence-corrected chi connectivity index (χ0v) is 11.1. The molecular weight excluding hydrogens is 289 g/mol. The Morgan fingerprint density at radius 3 is 2.64 bits per heavy atom. The fraction of sp³-hybridized carbons (Fsp3) is 1.00. The third-order valence-corrected chi connectivity index (χ3v) is 4.84. The predicted octanol–water partition coefficient (Wildman–Crippen LogP) is 2.31. The molecule has 0 radical (unpaired) electrons. The summed E-state index contributed by atoms with van der Waals surface area (Å²) >= 11 is 2.48. The highest BCUT2D eigenvalue weighted by molar-refractivity contribution is 14.1. The van der Waals surface area contributed by atoms with Gasteiger partial charge in [0.05, 0.1) is 6.10 Å². The average Bonchev–Trinajstić information content (AvgIpc) is 2.62. The summed E-state index contributed by atoms with van der Waals surface area (Å²) in [5, 5.41) is 0. The van der Waals surface area contributed by atoms with Crippen LogP contribution in [0.25, 0.3) is 0 Å². The zero-order chi connectivity index (χ0) is 10.0. The fourth-order valence-electron chi connectivity index (χ4n) is 2.84. The van der Waals surface area contributed by atoms with E-state index in [1.54, 1.807) is 0 Å². The van der Waals surface area contributed by atoms with Crippen LogP contribution in [0.2, 0.25) is 0 Å². The average molecular weight is 309 g/mol. The van der Waals surface area contributed by atoms with Crippen LogP contribution < -0.4 is 0 Å². The Kier molecular flexibility index (Phi) is 3.71. The predicted molar refractivity (Wildman–Crippen MR) is 67.0 cm³/mol. The molecule has 0 aromatic rings. The minimum absolute atomic E-state index is 0.544. The number of likely N-dealkylation sites (tertiary alicyclic amines) is 1. The van der Waals surface area contributed by atoms with Crippen molar-refractivity contribution in [1.29, 1.82) is 0 Å². The maximum Gasteiger partial charge on any atom is 0.0722 e. The second-order valence-electron chi connectivity index (χ2n) is 4.56. The maximum atomic E-state index is 5.84. The molecule has 2 nitrogen and oxygen atoms in total. The number of hydrogen-bond donors (Lipinski definition) is 0. The van der Waals surface area contributed by atoms with Gasteiger partial charge in [0.1, 0.15) is 0 Å². The third-order valence-electron chi connectivity index (χ3n) is 4.04. The van der Waals surface area contributed by atoms with Crippen molar-refractivity contribution >= 4 is 22.6 Å². The monoisotopic (exact) mass is 309 g/mol. The molecule has 2 heterocycles. The van der Waals surface area contributed by atoms with Gasteiger partial charge in [-0.3, -0.25) is 0 Å². The lowest BCUT2D eigenvalue weighted by molar-refractivity contribution is 0.0264. The van der Waals surface area contributed by atoms with Gasteiger partial charge in [0.25, 0.3) is 0 Å². The van der Waals surface area contributed by atoms with Gasteiger partial charge in [-0.25, -0.2) is 0 Å². The van der Waals surface area contributed by atoms with E-state index >= 15 is 0 Å². The smallest absolute Gasteiger partial charge is 0.0722 e. The van der Waals surface area contributed by atoms with E-state index in [0.717, 1.165) is 6.61 Å². The van der Waals surface area contributed by atoms with E-state index in [4.69, 9.17) is 4.74 Å². The topological polar surface area (TPSA) is 12.5 Å². The Hall–Kier alpha value is 0.650. The summed E-state index contributed by atoms with van der Waals surface area (Å²) in [7, 11) is 0. The standard InChI is InChI=1S/C11H20INO/c1-2-13-6-3-11(4-7-13)5-8-14-10(11)9-12/h10H,2-9H2,1H3. The van der Waals surface area contributed by atoms with Crippen LogP contribution in [0, 0.1) is 5.41 Å². The summed E-state index contributed by atoms with van der Waals surface area (Å²) in [5.41, 5.74) is 0.548. The minimum atomic E-state index is 0.544. The van der Waals surface area contributed by atoms with Gasteiger partial charge < -0.3 is 9.64 Å². The molecule has 14 heavy (non-hydrogen) atoms. The van der Waals surface area contributed by atoms with Crippen LogP contribution in [0.4, 0.5) is 0 Å². The number of alkyl halides is 1. The van der Waals surface area contributed by atoms with Crippen molar-refractivity contribution in [3.05, 3.63) is 0 Å². The highest BCUT2D eigenvalue weighted by atomic mass is 127. The van der Waals surface area contributed by atoms with Crippen molar-refractivity contribution in [2.45, 2.75) is 32.3 Å². The molecule has 1 atom stereocenters. The van der Waals surface area contributed by atoms with Gasteiger partial charge >= 0.3 is 0 Å². The quantitative estimate of drug-likeness (QED) is 0.573. The molecule has 0 aliphatic carbocycles. The summed E-state index contributed by atoms with van der Waals surface area (Å²) in [6.07, 6.45) is 4.56. The largest absolute Gasteiger partial charge is 0.377 e. The Balaban J connectivity index is 1.97. The molecule has 2 aliphatic heterocycles. The van der Waals surface area contributed by atoms with E-state index in [1.807, 2.05) is 0 Å². The highest BCUT2D eigenvalue weighted by Crippen LogP contribution is 2.44. The van der Waals surface area contributed by atoms with E-state index in [9.17, 15) is 0 Å². The van der Waals surface area contributed by atoms with Crippen LogP contribution in [0.3, 0.4) is 0 Å². The van der Waals surface area contributed by atoms with Gasteiger partial charge in [-0.2, -0.15) is 0 Å². The Morgan fingerprint density at radius 2 is 2.07 bits per heavy atom. The lowest BCUT2D eigenvalue weighted by Gasteiger charge is -2.41. The van der Waals surface area contributed by atoms with Gasteiger partial charge in [-0.05, 0) is 38.9 Å². The number of nitrogens with zero attached hydrogens (tertiary/aromatic N) is 1. The molecular formula is C11H20INO. The summed E-state index contributed by atoms with van der Waals surface area (Å²) < 4.78 is 7.01. The SMILES string of the molecule is CCN1CCC2(CCOC2CI)CC1. The highest BCUT2D eigenvalue weighted by Gasteiger charge is 2.44. The van der Waals surface area contributed by atoms with Crippen molar-refractivity contribution in [2.24, 2.45) is 5.41 Å². The Bertz CT molecular complexity index is 190. The lowest BCUT2D eigenvalue weighted by Crippen LogP contribution is -2.44. The number of rotatable bonds is 2. The van der Waals surface area contributed by atoms with Crippen LogP contribution in [-0.2, 0) is 4.74 Å². The first-order chi connectivity index (χ1) is 6.80. The third kappa shape index (κ3) is 1.95. The van der Waals surface area contributed by atoms with Gasteiger partial charge in [0.15, 0.2) is 0 Å². The van der Waals surface area contributed by atoms with Crippen LogP contribution >= 0.6 is 22.6 Å². The number of hydrogen-bond acceptors (Lipinski definition) is 2. The van der Waals surface area contributed by atoms with Crippen LogP contribution in [0.5, 0.6) is 0 Å². The van der Waals surface area contributed by atoms with Crippen molar-refractivity contribution in [2.75, 3.05) is 30.7 Å². The number of piperidine rings is 1.